The fourth-order valence-electron chi connectivity index (χ4n) is 6.49. The third-order valence-electron chi connectivity index (χ3n) is 8.28. The van der Waals surface area contributed by atoms with Crippen LogP contribution < -0.4 is 10.6 Å². The van der Waals surface area contributed by atoms with Crippen LogP contribution in [0.15, 0.2) is 30.3 Å². The van der Waals surface area contributed by atoms with Crippen LogP contribution in [0.3, 0.4) is 0 Å². The zero-order valence-corrected chi connectivity index (χ0v) is 21.1. The Morgan fingerprint density at radius 2 is 1.89 bits per heavy atom. The van der Waals surface area contributed by atoms with Crippen LogP contribution >= 0.6 is 0 Å². The number of nitrogens with zero attached hydrogens (tertiary/aromatic N) is 1. The van der Waals surface area contributed by atoms with E-state index in [9.17, 15) is 19.5 Å². The minimum atomic E-state index is -1.06. The Morgan fingerprint density at radius 1 is 1.14 bits per heavy atom. The van der Waals surface area contributed by atoms with Crippen molar-refractivity contribution in [2.75, 3.05) is 13.2 Å². The zero-order chi connectivity index (χ0) is 25.2. The lowest BCUT2D eigenvalue weighted by Gasteiger charge is -2.36. The molecule has 1 aromatic rings. The number of aliphatic hydroxyl groups excluding tert-OH is 1. The first-order chi connectivity index (χ1) is 16.8. The Morgan fingerprint density at radius 3 is 2.54 bits per heavy atom. The summed E-state index contributed by atoms with van der Waals surface area (Å²) in [5, 5.41) is 16.0. The van der Waals surface area contributed by atoms with Gasteiger partial charge in [-0.05, 0) is 38.2 Å². The third-order valence-corrected chi connectivity index (χ3v) is 8.28. The number of carbonyl (C=O) groups is 3. The van der Waals surface area contributed by atoms with Crippen molar-refractivity contribution in [2.24, 2.45) is 11.8 Å². The van der Waals surface area contributed by atoms with Crippen molar-refractivity contribution in [3.63, 3.8) is 0 Å². The molecule has 3 amide bonds. The molecule has 0 radical (unpaired) electrons. The van der Waals surface area contributed by atoms with Gasteiger partial charge in [0.05, 0.1) is 30.1 Å². The van der Waals surface area contributed by atoms with Gasteiger partial charge in [0.2, 0.25) is 17.7 Å². The largest absolute Gasteiger partial charge is 0.394 e. The minimum absolute atomic E-state index is 0.212. The average molecular weight is 486 g/mol. The van der Waals surface area contributed by atoms with Gasteiger partial charge in [0, 0.05) is 13.1 Å². The van der Waals surface area contributed by atoms with Crippen molar-refractivity contribution < 1.29 is 24.2 Å². The molecule has 8 heteroatoms. The third kappa shape index (κ3) is 4.25. The second-order valence-electron chi connectivity index (χ2n) is 10.3. The first-order valence-corrected chi connectivity index (χ1v) is 13.1. The lowest BCUT2D eigenvalue weighted by Crippen LogP contribution is -2.57. The van der Waals surface area contributed by atoms with Gasteiger partial charge in [0.25, 0.3) is 0 Å². The highest BCUT2D eigenvalue weighted by molar-refractivity contribution is 5.99. The van der Waals surface area contributed by atoms with E-state index in [1.807, 2.05) is 37.3 Å². The lowest BCUT2D eigenvalue weighted by molar-refractivity contribution is -0.150. The van der Waals surface area contributed by atoms with Crippen molar-refractivity contribution in [1.82, 2.24) is 15.5 Å². The molecule has 192 valence electrons. The van der Waals surface area contributed by atoms with Crippen LogP contribution in [0, 0.1) is 11.8 Å². The highest BCUT2D eigenvalue weighted by Crippen LogP contribution is 2.64. The molecule has 1 spiro atoms. The molecule has 4 rings (SSSR count). The molecule has 0 saturated carbocycles. The minimum Gasteiger partial charge on any atom is -0.394 e. The van der Waals surface area contributed by atoms with Crippen LogP contribution in [-0.2, 0) is 25.7 Å². The summed E-state index contributed by atoms with van der Waals surface area (Å²) in [5.74, 6) is -2.16. The van der Waals surface area contributed by atoms with Crippen LogP contribution in [0.25, 0.3) is 0 Å². The molecule has 8 nitrogen and oxygen atoms in total. The quantitative estimate of drug-likeness (QED) is 0.416. The summed E-state index contributed by atoms with van der Waals surface area (Å²) < 4.78 is 6.70. The van der Waals surface area contributed by atoms with Gasteiger partial charge in [0.15, 0.2) is 0 Å². The molecule has 3 N–H and O–H groups in total. The standard InChI is InChI=1S/C27H39N3O5/c1-4-6-10-15-28-24(33)22-27-14-13-26(5-2,35-27)20(21(27)25(34)30(22)18(3)17-31)23(32)29-16-19-11-8-7-9-12-19/h7-9,11-12,18,20-22,31H,4-6,10,13-17H2,1-3H3,(H,28,33)(H,29,32)/t18-,20+,21+,22?,26-,27?/m1/s1. The maximum absolute atomic E-state index is 13.9. The normalized spacial score (nSPS) is 31.9. The van der Waals surface area contributed by atoms with Crippen molar-refractivity contribution in [1.29, 1.82) is 0 Å². The Hall–Kier alpha value is -2.45. The summed E-state index contributed by atoms with van der Waals surface area (Å²) in [6, 6.07) is 8.24. The Balaban J connectivity index is 1.64. The molecule has 6 atom stereocenters. The average Bonchev–Trinajstić information content (AvgIpc) is 3.49. The maximum atomic E-state index is 13.9. The van der Waals surface area contributed by atoms with E-state index < -0.39 is 35.1 Å². The number of hydrogen-bond donors (Lipinski definition) is 3. The zero-order valence-electron chi connectivity index (χ0n) is 21.1. The van der Waals surface area contributed by atoms with Gasteiger partial charge in [0.1, 0.15) is 11.6 Å². The van der Waals surface area contributed by atoms with Gasteiger partial charge < -0.3 is 25.4 Å². The number of amides is 3. The number of unbranched alkanes of at least 4 members (excludes halogenated alkanes) is 2. The van der Waals surface area contributed by atoms with E-state index in [2.05, 4.69) is 17.6 Å². The smallest absolute Gasteiger partial charge is 0.245 e. The number of nitrogens with one attached hydrogen (secondary N) is 2. The number of fused-ring (bicyclic) bond motifs is 1. The molecule has 3 aliphatic heterocycles. The van der Waals surface area contributed by atoms with Gasteiger partial charge in [-0.25, -0.2) is 0 Å². The van der Waals surface area contributed by atoms with E-state index in [1.54, 1.807) is 6.92 Å². The monoisotopic (exact) mass is 485 g/mol. The molecule has 3 heterocycles. The molecule has 0 aromatic heterocycles. The van der Waals surface area contributed by atoms with Gasteiger partial charge in [-0.2, -0.15) is 0 Å². The Kier molecular flexibility index (Phi) is 7.52. The summed E-state index contributed by atoms with van der Waals surface area (Å²) in [5.41, 5.74) is -0.848. The van der Waals surface area contributed by atoms with Crippen molar-refractivity contribution in [3.8, 4) is 0 Å². The molecule has 3 saturated heterocycles. The van der Waals surface area contributed by atoms with Crippen molar-refractivity contribution >= 4 is 17.7 Å². The van der Waals surface area contributed by atoms with Crippen LogP contribution in [0.4, 0.5) is 0 Å². The Labute approximate surface area is 207 Å². The van der Waals surface area contributed by atoms with Gasteiger partial charge >= 0.3 is 0 Å². The summed E-state index contributed by atoms with van der Waals surface area (Å²) in [4.78, 5) is 42.5. The van der Waals surface area contributed by atoms with E-state index in [-0.39, 0.29) is 24.3 Å². The summed E-state index contributed by atoms with van der Waals surface area (Å²) in [6.07, 6.45) is 4.66. The molecule has 2 bridgehead atoms. The second-order valence-corrected chi connectivity index (χ2v) is 10.3. The summed E-state index contributed by atoms with van der Waals surface area (Å²) >= 11 is 0. The van der Waals surface area contributed by atoms with E-state index in [4.69, 9.17) is 4.74 Å². The number of carbonyl (C=O) groups excluding carboxylic acids is 3. The van der Waals surface area contributed by atoms with E-state index in [0.717, 1.165) is 24.8 Å². The van der Waals surface area contributed by atoms with Gasteiger partial charge in [-0.15, -0.1) is 0 Å². The van der Waals surface area contributed by atoms with E-state index in [1.165, 1.54) is 4.90 Å². The molecule has 3 fully saturated rings. The predicted octanol–water partition coefficient (Wildman–Crippen LogP) is 2.14. The van der Waals surface area contributed by atoms with Crippen LogP contribution in [0.1, 0.15) is 64.9 Å². The number of ether oxygens (including phenoxy) is 1. The second kappa shape index (κ2) is 10.3. The van der Waals surface area contributed by atoms with Crippen LogP contribution in [0.2, 0.25) is 0 Å². The summed E-state index contributed by atoms with van der Waals surface area (Å²) in [6.45, 7) is 6.44. The number of benzene rings is 1. The number of likely N-dealkylation sites (tertiary alicyclic amines) is 1. The number of hydrogen-bond acceptors (Lipinski definition) is 5. The summed E-state index contributed by atoms with van der Waals surface area (Å²) in [7, 11) is 0. The van der Waals surface area contributed by atoms with Crippen molar-refractivity contribution in [3.05, 3.63) is 35.9 Å². The molecular weight excluding hydrogens is 446 g/mol. The molecule has 3 aliphatic rings. The maximum Gasteiger partial charge on any atom is 0.245 e. The highest BCUT2D eigenvalue weighted by Gasteiger charge is 2.78. The lowest BCUT2D eigenvalue weighted by atomic mass is 9.65. The molecular formula is C27H39N3O5. The first kappa shape index (κ1) is 25.6. The number of rotatable bonds is 11. The molecule has 0 aliphatic carbocycles. The highest BCUT2D eigenvalue weighted by atomic mass is 16.5. The van der Waals surface area contributed by atoms with Crippen molar-refractivity contribution in [2.45, 2.75) is 89.1 Å². The molecule has 1 aromatic carbocycles. The van der Waals surface area contributed by atoms with Crippen LogP contribution in [0.5, 0.6) is 0 Å². The molecule has 2 unspecified atom stereocenters. The van der Waals surface area contributed by atoms with Gasteiger partial charge in [-0.3, -0.25) is 14.4 Å². The predicted molar refractivity (Wildman–Crippen MR) is 131 cm³/mol. The van der Waals surface area contributed by atoms with E-state index >= 15 is 0 Å². The first-order valence-electron chi connectivity index (χ1n) is 13.1. The van der Waals surface area contributed by atoms with Gasteiger partial charge in [-0.1, -0.05) is 57.0 Å². The Bertz CT molecular complexity index is 940. The van der Waals surface area contributed by atoms with Crippen LogP contribution in [-0.4, -0.2) is 64.2 Å². The fraction of sp³-hybridized carbons (Fsp3) is 0.667. The fourth-order valence-corrected chi connectivity index (χ4v) is 6.49. The molecule has 35 heavy (non-hydrogen) atoms. The SMILES string of the molecule is CCCCCNC(=O)C1N([C@H](C)CO)C(=O)[C@@H]2[C@@H](C(=O)NCc3ccccc3)[C@@]3(CC)CCC12O3. The van der Waals surface area contributed by atoms with E-state index in [0.29, 0.717) is 32.4 Å². The topological polar surface area (TPSA) is 108 Å². The number of aliphatic hydroxyl groups is 1.